The molecule has 0 aliphatic carbocycles. The molecule has 0 saturated heterocycles. The van der Waals surface area contributed by atoms with Gasteiger partial charge in [0, 0.05) is 44.3 Å². The first-order valence-electron chi connectivity index (χ1n) is 10.5. The summed E-state index contributed by atoms with van der Waals surface area (Å²) in [5.41, 5.74) is 2.41. The Bertz CT molecular complexity index is 1500. The van der Waals surface area contributed by atoms with E-state index in [9.17, 15) is 14.4 Å². The van der Waals surface area contributed by atoms with Gasteiger partial charge < -0.3 is 15.6 Å². The lowest BCUT2D eigenvalue weighted by Crippen LogP contribution is -2.22. The van der Waals surface area contributed by atoms with Crippen LogP contribution in [0.1, 0.15) is 32.5 Å². The summed E-state index contributed by atoms with van der Waals surface area (Å²) in [5, 5.41) is 8.74. The third kappa shape index (κ3) is 4.23. The summed E-state index contributed by atoms with van der Waals surface area (Å²) in [6.07, 6.45) is 3.33. The summed E-state index contributed by atoms with van der Waals surface area (Å²) < 4.78 is 0. The predicted octanol–water partition coefficient (Wildman–Crippen LogP) is 4.50. The van der Waals surface area contributed by atoms with E-state index in [4.69, 9.17) is 0 Å². The van der Waals surface area contributed by atoms with Gasteiger partial charge in [-0.3, -0.25) is 14.4 Å². The van der Waals surface area contributed by atoms with Crippen LogP contribution in [-0.2, 0) is 6.54 Å². The molecule has 2 aromatic heterocycles. The summed E-state index contributed by atoms with van der Waals surface area (Å²) >= 11 is 1.44. The van der Waals surface area contributed by atoms with Crippen LogP contribution in [0.4, 0.5) is 5.69 Å². The highest BCUT2D eigenvalue weighted by atomic mass is 32.2. The molecule has 170 valence electrons. The molecule has 0 fully saturated rings. The zero-order chi connectivity index (χ0) is 23.7. The molecule has 2 amide bonds. The van der Waals surface area contributed by atoms with Gasteiger partial charge in [-0.2, -0.15) is 0 Å². The van der Waals surface area contributed by atoms with Crippen LogP contribution in [0.15, 0.2) is 81.6 Å². The molecule has 3 heterocycles. The number of hydrogen-bond acceptors (Lipinski definition) is 5. The molecule has 3 N–H and O–H groups in total. The van der Waals surface area contributed by atoms with Crippen LogP contribution in [0, 0.1) is 0 Å². The van der Waals surface area contributed by atoms with Crippen LogP contribution in [0.25, 0.3) is 10.6 Å². The topological polar surface area (TPSA) is 104 Å². The largest absolute Gasteiger partial charge is 0.347 e. The molecule has 2 aromatic carbocycles. The van der Waals surface area contributed by atoms with Crippen molar-refractivity contribution in [1.29, 1.82) is 0 Å². The van der Waals surface area contributed by atoms with Crippen molar-refractivity contribution in [2.75, 3.05) is 5.32 Å². The lowest BCUT2D eigenvalue weighted by Gasteiger charge is -2.13. The minimum Gasteiger partial charge on any atom is -0.347 e. The Kier molecular flexibility index (Phi) is 5.95. The van der Waals surface area contributed by atoms with E-state index in [1.807, 2.05) is 37.3 Å². The van der Waals surface area contributed by atoms with Gasteiger partial charge in [0.1, 0.15) is 5.01 Å². The Labute approximate surface area is 201 Å². The SMILES string of the molecule is C/C=S1/c2ccc(C(=O)NCc3cnc(-c4ccc(=O)[nH]c4)s3)cc2NC(=O)c2ccccc21. The molecule has 4 aromatic rings. The molecule has 0 spiro atoms. The lowest BCUT2D eigenvalue weighted by molar-refractivity contribution is 0.0949. The van der Waals surface area contributed by atoms with E-state index in [1.54, 1.807) is 30.6 Å². The van der Waals surface area contributed by atoms with Crippen LogP contribution < -0.4 is 16.2 Å². The van der Waals surface area contributed by atoms with Gasteiger partial charge in [-0.15, -0.1) is 21.8 Å². The Morgan fingerprint density at radius 1 is 1.12 bits per heavy atom. The number of amides is 2. The number of hydrogen-bond donors (Lipinski definition) is 3. The number of carbonyl (C=O) groups excluding carboxylic acids is 2. The molecule has 7 nitrogen and oxygen atoms in total. The van der Waals surface area contributed by atoms with Crippen molar-refractivity contribution in [2.45, 2.75) is 23.3 Å². The van der Waals surface area contributed by atoms with Crippen molar-refractivity contribution in [3.63, 3.8) is 0 Å². The second-order valence-electron chi connectivity index (χ2n) is 7.49. The summed E-state index contributed by atoms with van der Waals surface area (Å²) in [6, 6.07) is 16.2. The molecule has 1 atom stereocenters. The fourth-order valence-corrected chi connectivity index (χ4v) is 6.48. The van der Waals surface area contributed by atoms with Crippen molar-refractivity contribution in [1.82, 2.24) is 15.3 Å². The van der Waals surface area contributed by atoms with Crippen molar-refractivity contribution < 1.29 is 9.59 Å². The minimum atomic E-state index is -0.380. The number of anilines is 1. The molecular formula is C25H20N4O3S2. The number of rotatable bonds is 4. The van der Waals surface area contributed by atoms with Gasteiger partial charge in [0.2, 0.25) is 5.56 Å². The number of pyridine rings is 1. The molecular weight excluding hydrogens is 468 g/mol. The number of carbonyl (C=O) groups is 2. The molecule has 0 radical (unpaired) electrons. The van der Waals surface area contributed by atoms with Crippen LogP contribution in [0.3, 0.4) is 0 Å². The summed E-state index contributed by atoms with van der Waals surface area (Å²) in [7, 11) is -0.380. The third-order valence-electron chi connectivity index (χ3n) is 5.34. The maximum absolute atomic E-state index is 12.9. The van der Waals surface area contributed by atoms with E-state index in [2.05, 4.69) is 26.0 Å². The molecule has 0 saturated carbocycles. The van der Waals surface area contributed by atoms with Crippen molar-refractivity contribution in [3.05, 3.63) is 93.3 Å². The smallest absolute Gasteiger partial charge is 0.256 e. The lowest BCUT2D eigenvalue weighted by atomic mass is 10.1. The Hall–Kier alpha value is -3.82. The number of aromatic nitrogens is 2. The van der Waals surface area contributed by atoms with E-state index in [0.717, 1.165) is 25.2 Å². The second kappa shape index (κ2) is 9.20. The number of nitrogens with zero attached hydrogens (tertiary/aromatic N) is 1. The standard InChI is InChI=1S/C25H20N4O3S2/c1-2-34-20-6-4-3-5-18(20)24(32)29-19-11-15(7-9-21(19)34)23(31)27-13-17-14-28-25(33-17)16-8-10-22(30)26-12-16/h2-12,14H,13H2,1H3,(H,26,30)(H,27,31)(H,29,32). The number of aromatic amines is 1. The van der Waals surface area contributed by atoms with E-state index >= 15 is 0 Å². The molecule has 1 aliphatic rings. The Balaban J connectivity index is 1.34. The van der Waals surface area contributed by atoms with Crippen molar-refractivity contribution in [2.24, 2.45) is 0 Å². The molecule has 5 rings (SSSR count). The highest BCUT2D eigenvalue weighted by molar-refractivity contribution is 8.15. The maximum atomic E-state index is 12.9. The maximum Gasteiger partial charge on any atom is 0.256 e. The van der Waals surface area contributed by atoms with Crippen LogP contribution >= 0.6 is 21.8 Å². The first-order valence-corrected chi connectivity index (χ1v) is 12.6. The monoisotopic (exact) mass is 488 g/mol. The minimum absolute atomic E-state index is 0.169. The van der Waals surface area contributed by atoms with Crippen LogP contribution in [0.2, 0.25) is 0 Å². The second-order valence-corrected chi connectivity index (χ2v) is 10.6. The molecule has 34 heavy (non-hydrogen) atoms. The predicted molar refractivity (Wildman–Crippen MR) is 136 cm³/mol. The van der Waals surface area contributed by atoms with Gasteiger partial charge in [-0.05, 0) is 43.3 Å². The third-order valence-corrected chi connectivity index (χ3v) is 8.52. The molecule has 9 heteroatoms. The highest BCUT2D eigenvalue weighted by Crippen LogP contribution is 2.44. The zero-order valence-corrected chi connectivity index (χ0v) is 19.8. The average Bonchev–Trinajstić information content (AvgIpc) is 3.29. The highest BCUT2D eigenvalue weighted by Gasteiger charge is 2.22. The van der Waals surface area contributed by atoms with E-state index in [1.165, 1.54) is 17.4 Å². The van der Waals surface area contributed by atoms with E-state index in [0.29, 0.717) is 23.4 Å². The van der Waals surface area contributed by atoms with Gasteiger partial charge in [-0.25, -0.2) is 4.98 Å². The fourth-order valence-electron chi connectivity index (χ4n) is 3.70. The van der Waals surface area contributed by atoms with E-state index in [-0.39, 0.29) is 27.9 Å². The normalized spacial score (nSPS) is 14.6. The summed E-state index contributed by atoms with van der Waals surface area (Å²) in [6.45, 7) is 2.30. The van der Waals surface area contributed by atoms with Crippen molar-refractivity contribution >= 4 is 44.7 Å². The Morgan fingerprint density at radius 2 is 1.97 bits per heavy atom. The first-order chi connectivity index (χ1) is 16.5. The average molecular weight is 489 g/mol. The number of benzene rings is 2. The van der Waals surface area contributed by atoms with Gasteiger partial charge in [0.05, 0.1) is 17.8 Å². The van der Waals surface area contributed by atoms with Gasteiger partial charge in [0.15, 0.2) is 0 Å². The summed E-state index contributed by atoms with van der Waals surface area (Å²) in [5.74, 6) is -0.413. The first kappa shape index (κ1) is 22.0. The van der Waals surface area contributed by atoms with Gasteiger partial charge in [-0.1, -0.05) is 17.5 Å². The summed E-state index contributed by atoms with van der Waals surface area (Å²) in [4.78, 5) is 46.8. The van der Waals surface area contributed by atoms with Crippen LogP contribution in [0.5, 0.6) is 0 Å². The van der Waals surface area contributed by atoms with E-state index < -0.39 is 0 Å². The van der Waals surface area contributed by atoms with Crippen LogP contribution in [-0.4, -0.2) is 27.1 Å². The molecule has 1 unspecified atom stereocenters. The number of H-pyrrole nitrogens is 1. The molecule has 1 aliphatic heterocycles. The van der Waals surface area contributed by atoms with Gasteiger partial charge >= 0.3 is 0 Å². The number of thiazole rings is 1. The van der Waals surface area contributed by atoms with Crippen molar-refractivity contribution in [3.8, 4) is 10.6 Å². The fraction of sp³-hybridized carbons (Fsp3) is 0.0800. The zero-order valence-electron chi connectivity index (χ0n) is 18.1. The molecule has 0 bridgehead atoms. The van der Waals surface area contributed by atoms with Gasteiger partial charge in [0.25, 0.3) is 11.8 Å². The number of nitrogens with one attached hydrogen (secondary N) is 3. The quantitative estimate of drug-likeness (QED) is 0.368. The number of fused-ring (bicyclic) bond motifs is 2. The Morgan fingerprint density at radius 3 is 2.76 bits per heavy atom.